The second-order valence-electron chi connectivity index (χ2n) is 6.97. The Morgan fingerprint density at radius 1 is 1.17 bits per heavy atom. The van der Waals surface area contributed by atoms with Crippen LogP contribution >= 0.6 is 24.0 Å². The number of halogens is 2. The maximum Gasteiger partial charge on any atom is 0.194 e. The van der Waals surface area contributed by atoms with Gasteiger partial charge >= 0.3 is 0 Å². The van der Waals surface area contributed by atoms with E-state index >= 15 is 0 Å². The summed E-state index contributed by atoms with van der Waals surface area (Å²) in [6.45, 7) is 3.95. The van der Waals surface area contributed by atoms with Crippen LogP contribution in [0.15, 0.2) is 47.5 Å². The highest BCUT2D eigenvalue weighted by atomic mass is 127. The Morgan fingerprint density at radius 2 is 1.90 bits per heavy atom. The maximum atomic E-state index is 13.3. The van der Waals surface area contributed by atoms with Gasteiger partial charge in [-0.25, -0.2) is 4.39 Å². The lowest BCUT2D eigenvalue weighted by atomic mass is 10.1. The lowest BCUT2D eigenvalue weighted by Gasteiger charge is -2.38. The van der Waals surface area contributed by atoms with Gasteiger partial charge in [-0.3, -0.25) is 4.99 Å². The third kappa shape index (κ3) is 5.98. The molecule has 2 aromatic carbocycles. The fourth-order valence-electron chi connectivity index (χ4n) is 3.49. The summed E-state index contributed by atoms with van der Waals surface area (Å²) in [4.78, 5) is 6.61. The lowest BCUT2D eigenvalue weighted by molar-refractivity contribution is -0.0605. The van der Waals surface area contributed by atoms with E-state index in [1.165, 1.54) is 12.1 Å². The van der Waals surface area contributed by atoms with Gasteiger partial charge in [-0.2, -0.15) is 0 Å². The van der Waals surface area contributed by atoms with Crippen LogP contribution in [0, 0.1) is 5.82 Å². The maximum absolute atomic E-state index is 13.3. The zero-order valence-electron chi connectivity index (χ0n) is 17.7. The number of nitrogens with zero attached hydrogens (tertiary/aromatic N) is 2. The molecule has 0 spiro atoms. The molecule has 6 nitrogen and oxygen atoms in total. The van der Waals surface area contributed by atoms with Crippen molar-refractivity contribution in [2.45, 2.75) is 25.7 Å². The molecular formula is C22H29FIN3O3. The molecule has 0 saturated carbocycles. The highest BCUT2D eigenvalue weighted by Crippen LogP contribution is 2.27. The molecule has 1 saturated heterocycles. The van der Waals surface area contributed by atoms with Crippen molar-refractivity contribution in [1.29, 1.82) is 0 Å². The van der Waals surface area contributed by atoms with E-state index in [0.29, 0.717) is 13.1 Å². The Morgan fingerprint density at radius 3 is 2.53 bits per heavy atom. The highest BCUT2D eigenvalue weighted by Gasteiger charge is 2.28. The molecule has 1 heterocycles. The van der Waals surface area contributed by atoms with Crippen LogP contribution in [0.3, 0.4) is 0 Å². The molecule has 1 N–H and O–H groups in total. The van der Waals surface area contributed by atoms with Crippen molar-refractivity contribution in [1.82, 2.24) is 10.2 Å². The van der Waals surface area contributed by atoms with Gasteiger partial charge in [0, 0.05) is 31.8 Å². The van der Waals surface area contributed by atoms with Gasteiger partial charge in [-0.1, -0.05) is 12.1 Å². The summed E-state index contributed by atoms with van der Waals surface area (Å²) in [5, 5.41) is 3.41. The molecule has 2 unspecified atom stereocenters. The van der Waals surface area contributed by atoms with Crippen LogP contribution in [0.5, 0.6) is 11.5 Å². The zero-order chi connectivity index (χ0) is 20.8. The number of morpholine rings is 1. The summed E-state index contributed by atoms with van der Waals surface area (Å²) in [7, 11) is 5.04. The van der Waals surface area contributed by atoms with Crippen LogP contribution in [0.4, 0.5) is 4.39 Å². The van der Waals surface area contributed by atoms with E-state index in [2.05, 4.69) is 15.2 Å². The minimum atomic E-state index is -0.250. The fraction of sp³-hybridized carbons (Fsp3) is 0.409. The van der Waals surface area contributed by atoms with Crippen molar-refractivity contribution in [2.75, 3.05) is 34.4 Å². The molecule has 1 fully saturated rings. The molecule has 0 bridgehead atoms. The number of hydrogen-bond acceptors (Lipinski definition) is 4. The molecule has 0 amide bonds. The molecule has 0 aromatic heterocycles. The lowest BCUT2D eigenvalue weighted by Crippen LogP contribution is -2.50. The largest absolute Gasteiger partial charge is 0.497 e. The fourth-order valence-corrected chi connectivity index (χ4v) is 3.49. The molecule has 3 rings (SSSR count). The molecule has 0 aliphatic carbocycles. The van der Waals surface area contributed by atoms with E-state index in [1.54, 1.807) is 33.4 Å². The van der Waals surface area contributed by atoms with Crippen molar-refractivity contribution >= 4 is 29.9 Å². The van der Waals surface area contributed by atoms with Crippen molar-refractivity contribution < 1.29 is 18.6 Å². The molecule has 1 aliphatic rings. The third-order valence-electron chi connectivity index (χ3n) is 4.94. The summed E-state index contributed by atoms with van der Waals surface area (Å²) < 4.78 is 30.1. The molecule has 30 heavy (non-hydrogen) atoms. The summed E-state index contributed by atoms with van der Waals surface area (Å²) in [5.74, 6) is 2.04. The summed E-state index contributed by atoms with van der Waals surface area (Å²) in [5.41, 5.74) is 1.96. The Labute approximate surface area is 194 Å². The van der Waals surface area contributed by atoms with Crippen molar-refractivity contribution in [3.8, 4) is 11.5 Å². The second kappa shape index (κ2) is 11.4. The van der Waals surface area contributed by atoms with Crippen LogP contribution in [-0.4, -0.2) is 51.3 Å². The first-order valence-electron chi connectivity index (χ1n) is 9.61. The summed E-state index contributed by atoms with van der Waals surface area (Å²) >= 11 is 0. The Kier molecular flexibility index (Phi) is 9.16. The van der Waals surface area contributed by atoms with Crippen LogP contribution in [-0.2, 0) is 11.3 Å². The molecular weight excluding hydrogens is 500 g/mol. The number of guanidine groups is 1. The molecule has 164 valence electrons. The minimum Gasteiger partial charge on any atom is -0.497 e. The average molecular weight is 529 g/mol. The molecule has 2 atom stereocenters. The summed E-state index contributed by atoms with van der Waals surface area (Å²) in [6, 6.07) is 12.2. The third-order valence-corrected chi connectivity index (χ3v) is 4.94. The zero-order valence-corrected chi connectivity index (χ0v) is 20.1. The van der Waals surface area contributed by atoms with Crippen LogP contribution < -0.4 is 14.8 Å². The van der Waals surface area contributed by atoms with E-state index in [4.69, 9.17) is 14.2 Å². The van der Waals surface area contributed by atoms with Gasteiger partial charge in [0.1, 0.15) is 23.4 Å². The van der Waals surface area contributed by atoms with E-state index in [9.17, 15) is 4.39 Å². The van der Waals surface area contributed by atoms with Crippen LogP contribution in [0.25, 0.3) is 0 Å². The molecule has 8 heteroatoms. The van der Waals surface area contributed by atoms with Gasteiger partial charge in [-0.05, 0) is 36.8 Å². The number of rotatable bonds is 5. The predicted octanol–water partition coefficient (Wildman–Crippen LogP) is 4.00. The topological polar surface area (TPSA) is 55.3 Å². The van der Waals surface area contributed by atoms with E-state index in [1.807, 2.05) is 25.1 Å². The average Bonchev–Trinajstić information content (AvgIpc) is 2.74. The van der Waals surface area contributed by atoms with Crippen molar-refractivity contribution in [3.63, 3.8) is 0 Å². The monoisotopic (exact) mass is 529 g/mol. The van der Waals surface area contributed by atoms with Gasteiger partial charge < -0.3 is 24.4 Å². The molecule has 1 aliphatic heterocycles. The van der Waals surface area contributed by atoms with Gasteiger partial charge in [-0.15, -0.1) is 24.0 Å². The first kappa shape index (κ1) is 24.2. The Bertz CT molecular complexity index is 848. The molecule has 2 aromatic rings. The SMILES string of the molecule is CN=C(NCc1ccc(OC)cc1OC)N1CC(C)OC(c2ccc(F)cc2)C1.I. The number of hydrogen-bond donors (Lipinski definition) is 1. The van der Waals surface area contributed by atoms with Gasteiger partial charge in [0.15, 0.2) is 5.96 Å². The van der Waals surface area contributed by atoms with E-state index in [0.717, 1.165) is 35.1 Å². The van der Waals surface area contributed by atoms with Gasteiger partial charge in [0.05, 0.1) is 26.9 Å². The summed E-state index contributed by atoms with van der Waals surface area (Å²) in [6.07, 6.45) is -0.124. The molecule has 0 radical (unpaired) electrons. The smallest absolute Gasteiger partial charge is 0.194 e. The van der Waals surface area contributed by atoms with Crippen LogP contribution in [0.1, 0.15) is 24.2 Å². The van der Waals surface area contributed by atoms with Crippen LogP contribution in [0.2, 0.25) is 0 Å². The normalized spacial score (nSPS) is 19.1. The van der Waals surface area contributed by atoms with Gasteiger partial charge in [0.25, 0.3) is 0 Å². The number of benzene rings is 2. The Hall–Kier alpha value is -2.07. The number of methoxy groups -OCH3 is 2. The van der Waals surface area contributed by atoms with Crippen molar-refractivity contribution in [2.24, 2.45) is 4.99 Å². The van der Waals surface area contributed by atoms with E-state index in [-0.39, 0.29) is 42.0 Å². The first-order valence-corrected chi connectivity index (χ1v) is 9.61. The number of nitrogens with one attached hydrogen (secondary N) is 1. The standard InChI is InChI=1S/C22H28FN3O3.HI/c1-15-13-26(14-21(29-15)16-5-8-18(23)9-6-16)22(24-2)25-12-17-7-10-19(27-3)11-20(17)28-4;/h5-11,15,21H,12-14H2,1-4H3,(H,24,25);1H. The minimum absolute atomic E-state index is 0. The number of aliphatic imine (C=N–C) groups is 1. The van der Waals surface area contributed by atoms with E-state index < -0.39 is 0 Å². The first-order chi connectivity index (χ1) is 14.0. The quantitative estimate of drug-likeness (QED) is 0.361. The van der Waals surface area contributed by atoms with Crippen molar-refractivity contribution in [3.05, 3.63) is 59.4 Å². The second-order valence-corrected chi connectivity index (χ2v) is 6.97. The number of ether oxygens (including phenoxy) is 3. The Balaban J connectivity index is 0.00000320. The van der Waals surface area contributed by atoms with Gasteiger partial charge in [0.2, 0.25) is 0 Å². The highest BCUT2D eigenvalue weighted by molar-refractivity contribution is 14.0. The predicted molar refractivity (Wildman–Crippen MR) is 126 cm³/mol.